The van der Waals surface area contributed by atoms with E-state index >= 15 is 0 Å². The Labute approximate surface area is 158 Å². The third-order valence-corrected chi connectivity index (χ3v) is 4.14. The maximum Gasteiger partial charge on any atom is 0.246 e. The van der Waals surface area contributed by atoms with Gasteiger partial charge in [-0.1, -0.05) is 0 Å². The number of sulfonamides is 1. The second-order valence-electron chi connectivity index (χ2n) is 5.83. The van der Waals surface area contributed by atoms with Crippen LogP contribution in [-0.4, -0.2) is 33.7 Å². The molecule has 27 heavy (non-hydrogen) atoms. The van der Waals surface area contributed by atoms with Crippen molar-refractivity contribution < 1.29 is 17.9 Å². The summed E-state index contributed by atoms with van der Waals surface area (Å²) in [6.45, 7) is 1.67. The molecular formula is C18H20N4O4S. The molecule has 0 aliphatic heterocycles. The number of ether oxygens (including phenoxy) is 1. The number of nitrogens with zero attached hydrogens (tertiary/aromatic N) is 1. The highest BCUT2D eigenvalue weighted by Gasteiger charge is 2.15. The zero-order valence-electron chi connectivity index (χ0n) is 15.1. The van der Waals surface area contributed by atoms with E-state index in [0.29, 0.717) is 22.7 Å². The first kappa shape index (κ1) is 20.1. The molecule has 0 aromatic heterocycles. The molecule has 2 rings (SSSR count). The number of hydrogen-bond donors (Lipinski definition) is 3. The van der Waals surface area contributed by atoms with E-state index in [1.165, 1.54) is 7.11 Å². The Bertz CT molecular complexity index is 966. The molecule has 0 saturated carbocycles. The molecule has 0 aliphatic rings. The molecular weight excluding hydrogens is 368 g/mol. The van der Waals surface area contributed by atoms with Gasteiger partial charge in [0.2, 0.25) is 15.9 Å². The molecule has 0 fully saturated rings. The van der Waals surface area contributed by atoms with Gasteiger partial charge in [0.1, 0.15) is 11.8 Å². The first-order chi connectivity index (χ1) is 12.7. The summed E-state index contributed by atoms with van der Waals surface area (Å²) in [6.07, 6.45) is 1.04. The van der Waals surface area contributed by atoms with Gasteiger partial charge in [0, 0.05) is 11.4 Å². The maximum atomic E-state index is 12.3. The molecule has 0 saturated heterocycles. The molecule has 1 atom stereocenters. The normalized spacial score (nSPS) is 11.8. The number of carbonyl (C=O) groups excluding carboxylic acids is 1. The van der Waals surface area contributed by atoms with Crippen molar-refractivity contribution in [2.24, 2.45) is 0 Å². The molecule has 1 amide bonds. The molecule has 0 heterocycles. The van der Waals surface area contributed by atoms with Crippen LogP contribution in [0.3, 0.4) is 0 Å². The van der Waals surface area contributed by atoms with Crippen LogP contribution in [0.15, 0.2) is 42.5 Å². The zero-order valence-corrected chi connectivity index (χ0v) is 15.9. The Balaban J connectivity index is 2.09. The highest BCUT2D eigenvalue weighted by Crippen LogP contribution is 2.29. The van der Waals surface area contributed by atoms with Crippen molar-refractivity contribution in [1.29, 1.82) is 5.26 Å². The number of anilines is 3. The smallest absolute Gasteiger partial charge is 0.246 e. The van der Waals surface area contributed by atoms with Crippen molar-refractivity contribution >= 4 is 33.0 Å². The molecule has 0 radical (unpaired) electrons. The van der Waals surface area contributed by atoms with Gasteiger partial charge in [-0.25, -0.2) is 8.42 Å². The number of nitriles is 1. The minimum atomic E-state index is -3.48. The van der Waals surface area contributed by atoms with Crippen LogP contribution in [0.4, 0.5) is 17.1 Å². The van der Waals surface area contributed by atoms with Gasteiger partial charge in [-0.3, -0.25) is 9.52 Å². The number of rotatable bonds is 7. The van der Waals surface area contributed by atoms with E-state index in [1.807, 2.05) is 6.07 Å². The predicted molar refractivity (Wildman–Crippen MR) is 104 cm³/mol. The van der Waals surface area contributed by atoms with E-state index in [4.69, 9.17) is 10.00 Å². The monoisotopic (exact) mass is 388 g/mol. The lowest BCUT2D eigenvalue weighted by Gasteiger charge is -2.17. The van der Waals surface area contributed by atoms with Crippen LogP contribution in [0.25, 0.3) is 0 Å². The first-order valence-electron chi connectivity index (χ1n) is 7.95. The lowest BCUT2D eigenvalue weighted by molar-refractivity contribution is -0.116. The molecule has 0 aliphatic carbocycles. The maximum absolute atomic E-state index is 12.3. The fourth-order valence-corrected chi connectivity index (χ4v) is 2.83. The van der Waals surface area contributed by atoms with Crippen LogP contribution in [0, 0.1) is 11.3 Å². The number of amides is 1. The van der Waals surface area contributed by atoms with E-state index in [1.54, 1.807) is 49.4 Å². The van der Waals surface area contributed by atoms with Gasteiger partial charge in [0.05, 0.1) is 30.7 Å². The van der Waals surface area contributed by atoms with Crippen LogP contribution < -0.4 is 20.1 Å². The van der Waals surface area contributed by atoms with Gasteiger partial charge in [-0.2, -0.15) is 5.26 Å². The van der Waals surface area contributed by atoms with Crippen molar-refractivity contribution in [3.05, 3.63) is 48.0 Å². The molecule has 2 aromatic rings. The summed E-state index contributed by atoms with van der Waals surface area (Å²) in [6, 6.07) is 12.7. The molecule has 0 spiro atoms. The third-order valence-electron chi connectivity index (χ3n) is 3.55. The summed E-state index contributed by atoms with van der Waals surface area (Å²) >= 11 is 0. The number of benzene rings is 2. The van der Waals surface area contributed by atoms with E-state index in [2.05, 4.69) is 15.4 Å². The van der Waals surface area contributed by atoms with Gasteiger partial charge in [0.25, 0.3) is 0 Å². The van der Waals surface area contributed by atoms with Crippen molar-refractivity contribution in [2.75, 3.05) is 28.7 Å². The highest BCUT2D eigenvalue weighted by atomic mass is 32.2. The second kappa shape index (κ2) is 8.42. The standard InChI is InChI=1S/C18H20N4O4S/c1-12(18(23)21-14-6-4-13(11-19)5-7-14)20-15-8-9-17(26-2)16(10-15)22-27(3,24)25/h4-10,12,20,22H,1-3H3,(H,21,23)/t12-/m0/s1. The zero-order chi connectivity index (χ0) is 20.0. The van der Waals surface area contributed by atoms with Gasteiger partial charge >= 0.3 is 0 Å². The third kappa shape index (κ3) is 5.90. The van der Waals surface area contributed by atoms with Gasteiger partial charge in [-0.15, -0.1) is 0 Å². The van der Waals surface area contributed by atoms with Crippen LogP contribution in [-0.2, 0) is 14.8 Å². The molecule has 142 valence electrons. The summed E-state index contributed by atoms with van der Waals surface area (Å²) < 4.78 is 30.5. The fraction of sp³-hybridized carbons (Fsp3) is 0.222. The van der Waals surface area contributed by atoms with Crippen molar-refractivity contribution in [3.8, 4) is 11.8 Å². The Kier molecular flexibility index (Phi) is 6.26. The van der Waals surface area contributed by atoms with Crippen molar-refractivity contribution in [2.45, 2.75) is 13.0 Å². The largest absolute Gasteiger partial charge is 0.495 e. The summed E-state index contributed by atoms with van der Waals surface area (Å²) in [5, 5.41) is 14.5. The average molecular weight is 388 g/mol. The summed E-state index contributed by atoms with van der Waals surface area (Å²) in [7, 11) is -2.04. The Morgan fingerprint density at radius 3 is 2.33 bits per heavy atom. The predicted octanol–water partition coefficient (Wildman–Crippen LogP) is 2.38. The van der Waals surface area contributed by atoms with Crippen molar-refractivity contribution in [3.63, 3.8) is 0 Å². The lowest BCUT2D eigenvalue weighted by Crippen LogP contribution is -2.31. The van der Waals surface area contributed by atoms with Crippen LogP contribution in [0.1, 0.15) is 12.5 Å². The topological polar surface area (TPSA) is 120 Å². The van der Waals surface area contributed by atoms with E-state index in [9.17, 15) is 13.2 Å². The number of carbonyl (C=O) groups is 1. The number of hydrogen-bond acceptors (Lipinski definition) is 6. The molecule has 0 unspecified atom stereocenters. The summed E-state index contributed by atoms with van der Waals surface area (Å²) in [5.41, 5.74) is 1.89. The quantitative estimate of drug-likeness (QED) is 0.670. The van der Waals surface area contributed by atoms with Crippen LogP contribution >= 0.6 is 0 Å². The van der Waals surface area contributed by atoms with Crippen molar-refractivity contribution in [1.82, 2.24) is 0 Å². The Hall–Kier alpha value is -3.25. The van der Waals surface area contributed by atoms with Crippen LogP contribution in [0.2, 0.25) is 0 Å². The van der Waals surface area contributed by atoms with E-state index in [0.717, 1.165) is 6.26 Å². The average Bonchev–Trinajstić information content (AvgIpc) is 2.61. The van der Waals surface area contributed by atoms with Crippen LogP contribution in [0.5, 0.6) is 5.75 Å². The number of methoxy groups -OCH3 is 1. The van der Waals surface area contributed by atoms with Gasteiger partial charge < -0.3 is 15.4 Å². The molecule has 9 heteroatoms. The molecule has 3 N–H and O–H groups in total. The summed E-state index contributed by atoms with van der Waals surface area (Å²) in [5.74, 6) is 0.0776. The Morgan fingerprint density at radius 1 is 1.15 bits per heavy atom. The fourth-order valence-electron chi connectivity index (χ4n) is 2.27. The highest BCUT2D eigenvalue weighted by molar-refractivity contribution is 7.92. The van der Waals surface area contributed by atoms with Gasteiger partial charge in [0.15, 0.2) is 0 Å². The lowest BCUT2D eigenvalue weighted by atomic mass is 10.2. The minimum absolute atomic E-state index is 0.268. The molecule has 8 nitrogen and oxygen atoms in total. The summed E-state index contributed by atoms with van der Waals surface area (Å²) in [4.78, 5) is 12.3. The molecule has 2 aromatic carbocycles. The molecule has 0 bridgehead atoms. The minimum Gasteiger partial charge on any atom is -0.495 e. The number of nitrogens with one attached hydrogen (secondary N) is 3. The van der Waals surface area contributed by atoms with E-state index in [-0.39, 0.29) is 11.6 Å². The van der Waals surface area contributed by atoms with Gasteiger partial charge in [-0.05, 0) is 49.4 Å². The van der Waals surface area contributed by atoms with E-state index < -0.39 is 16.1 Å². The SMILES string of the molecule is COc1ccc(N[C@@H](C)C(=O)Nc2ccc(C#N)cc2)cc1NS(C)(=O)=O. The second-order valence-corrected chi connectivity index (χ2v) is 7.58. The Morgan fingerprint density at radius 2 is 1.78 bits per heavy atom. The first-order valence-corrected chi connectivity index (χ1v) is 9.84.